The fourth-order valence-corrected chi connectivity index (χ4v) is 1.31. The van der Waals surface area contributed by atoms with E-state index < -0.39 is 5.97 Å². The molecule has 0 saturated heterocycles. The third-order valence-corrected chi connectivity index (χ3v) is 1.88. The van der Waals surface area contributed by atoms with E-state index in [1.165, 1.54) is 0 Å². The summed E-state index contributed by atoms with van der Waals surface area (Å²) in [5.41, 5.74) is 0. The molecule has 0 radical (unpaired) electrons. The molecule has 2 N–H and O–H groups in total. The molecule has 0 bridgehead atoms. The zero-order valence-corrected chi connectivity index (χ0v) is 9.45. The molecule has 0 aromatic rings. The lowest BCUT2D eigenvalue weighted by molar-refractivity contribution is -0.138. The number of aliphatic carboxylic acids is 1. The van der Waals surface area contributed by atoms with Crippen LogP contribution in [0.1, 0.15) is 26.7 Å². The predicted molar refractivity (Wildman–Crippen MR) is 55.5 cm³/mol. The van der Waals surface area contributed by atoms with Crippen LogP contribution in [-0.4, -0.2) is 36.7 Å². The van der Waals surface area contributed by atoms with Crippen molar-refractivity contribution in [3.8, 4) is 0 Å². The van der Waals surface area contributed by atoms with Crippen LogP contribution in [0.25, 0.3) is 0 Å². The highest BCUT2D eigenvalue weighted by molar-refractivity contribution is 5.77. The van der Waals surface area contributed by atoms with E-state index in [4.69, 9.17) is 9.84 Å². The fraction of sp³-hybridized carbons (Fsp3) is 0.800. The minimum Gasteiger partial charge on any atom is -0.481 e. The molecule has 0 aromatic heterocycles. The molecule has 0 fully saturated rings. The summed E-state index contributed by atoms with van der Waals surface area (Å²) in [6.45, 7) is 4.04. The van der Waals surface area contributed by atoms with Gasteiger partial charge < -0.3 is 15.2 Å². The summed E-state index contributed by atoms with van der Waals surface area (Å²) in [5, 5.41) is 11.2. The van der Waals surface area contributed by atoms with Gasteiger partial charge in [-0.3, -0.25) is 9.59 Å². The molecule has 5 nitrogen and oxygen atoms in total. The Kier molecular flexibility index (Phi) is 6.70. The van der Waals surface area contributed by atoms with Gasteiger partial charge in [0.25, 0.3) is 0 Å². The highest BCUT2D eigenvalue weighted by Crippen LogP contribution is 2.06. The Morgan fingerprint density at radius 3 is 2.40 bits per heavy atom. The molecular weight excluding hydrogens is 198 g/mol. The lowest BCUT2D eigenvalue weighted by Gasteiger charge is -2.14. The number of carbonyl (C=O) groups excluding carboxylic acids is 1. The number of rotatable bonds is 7. The number of ether oxygens (including phenoxy) is 1. The largest absolute Gasteiger partial charge is 0.481 e. The third kappa shape index (κ3) is 7.93. The topological polar surface area (TPSA) is 75.6 Å². The predicted octanol–water partition coefficient (Wildman–Crippen LogP) is 0.638. The minimum atomic E-state index is -0.875. The molecule has 15 heavy (non-hydrogen) atoms. The number of carboxylic acids is 1. The van der Waals surface area contributed by atoms with E-state index in [9.17, 15) is 9.59 Å². The maximum Gasteiger partial charge on any atom is 0.303 e. The molecule has 1 amide bonds. The van der Waals surface area contributed by atoms with Crippen LogP contribution in [0.4, 0.5) is 0 Å². The first-order valence-electron chi connectivity index (χ1n) is 4.95. The van der Waals surface area contributed by atoms with Gasteiger partial charge in [-0.25, -0.2) is 0 Å². The van der Waals surface area contributed by atoms with Crippen molar-refractivity contribution in [3.63, 3.8) is 0 Å². The van der Waals surface area contributed by atoms with Gasteiger partial charge in [-0.1, -0.05) is 6.92 Å². The molecule has 0 heterocycles. The van der Waals surface area contributed by atoms with Crippen LogP contribution in [0.15, 0.2) is 0 Å². The zero-order chi connectivity index (χ0) is 11.8. The van der Waals surface area contributed by atoms with Crippen LogP contribution in [0, 0.1) is 5.92 Å². The molecular formula is C10H19NO4. The Hall–Kier alpha value is -1.10. The number of nitrogens with one attached hydrogen (secondary N) is 1. The second-order valence-electron chi connectivity index (χ2n) is 3.83. The standard InChI is InChI=1S/C10H19NO4/c1-7(5-10(13)14)4-9(12)11-8(2)6-15-3/h7-8H,4-6H2,1-3H3,(H,11,12)(H,13,14). The van der Waals surface area contributed by atoms with Gasteiger partial charge in [0.15, 0.2) is 0 Å². The van der Waals surface area contributed by atoms with Crippen molar-refractivity contribution in [2.75, 3.05) is 13.7 Å². The summed E-state index contributed by atoms with van der Waals surface area (Å²) in [5.74, 6) is -1.15. The van der Waals surface area contributed by atoms with Crippen molar-refractivity contribution in [2.45, 2.75) is 32.7 Å². The SMILES string of the molecule is COCC(C)NC(=O)CC(C)CC(=O)O. The summed E-state index contributed by atoms with van der Waals surface area (Å²) in [4.78, 5) is 21.7. The zero-order valence-electron chi connectivity index (χ0n) is 9.45. The summed E-state index contributed by atoms with van der Waals surface area (Å²) >= 11 is 0. The van der Waals surface area contributed by atoms with Crippen molar-refractivity contribution in [3.05, 3.63) is 0 Å². The van der Waals surface area contributed by atoms with E-state index in [-0.39, 0.29) is 30.7 Å². The van der Waals surface area contributed by atoms with E-state index in [1.807, 2.05) is 6.92 Å². The van der Waals surface area contributed by atoms with Gasteiger partial charge in [-0.15, -0.1) is 0 Å². The second kappa shape index (κ2) is 7.23. The highest BCUT2D eigenvalue weighted by Gasteiger charge is 2.13. The van der Waals surface area contributed by atoms with Crippen LogP contribution in [-0.2, 0) is 14.3 Å². The van der Waals surface area contributed by atoms with Crippen LogP contribution >= 0.6 is 0 Å². The Morgan fingerprint density at radius 2 is 1.93 bits per heavy atom. The monoisotopic (exact) mass is 217 g/mol. The van der Waals surface area contributed by atoms with Crippen LogP contribution < -0.4 is 5.32 Å². The second-order valence-corrected chi connectivity index (χ2v) is 3.83. The Bertz CT molecular complexity index is 217. The third-order valence-electron chi connectivity index (χ3n) is 1.88. The highest BCUT2D eigenvalue weighted by atomic mass is 16.5. The van der Waals surface area contributed by atoms with Gasteiger partial charge in [-0.05, 0) is 12.8 Å². The summed E-state index contributed by atoms with van der Waals surface area (Å²) in [6.07, 6.45) is 0.256. The number of methoxy groups -OCH3 is 1. The molecule has 0 spiro atoms. The quantitative estimate of drug-likeness (QED) is 0.656. The minimum absolute atomic E-state index is 0.0199. The molecule has 0 rings (SSSR count). The van der Waals surface area contributed by atoms with Gasteiger partial charge in [0.2, 0.25) is 5.91 Å². The van der Waals surface area contributed by atoms with Crippen molar-refractivity contribution in [1.29, 1.82) is 0 Å². The number of carbonyl (C=O) groups is 2. The maximum absolute atomic E-state index is 11.4. The summed E-state index contributed by atoms with van der Waals surface area (Å²) < 4.78 is 4.87. The van der Waals surface area contributed by atoms with Crippen molar-refractivity contribution < 1.29 is 19.4 Å². The Balaban J connectivity index is 3.77. The molecule has 0 aliphatic heterocycles. The number of hydrogen-bond donors (Lipinski definition) is 2. The van der Waals surface area contributed by atoms with E-state index in [0.29, 0.717) is 6.61 Å². The normalized spacial score (nSPS) is 14.3. The smallest absolute Gasteiger partial charge is 0.303 e. The maximum atomic E-state index is 11.4. The van der Waals surface area contributed by atoms with Gasteiger partial charge in [0.05, 0.1) is 6.61 Å². The molecule has 0 aliphatic carbocycles. The first-order chi connectivity index (χ1) is 6.95. The van der Waals surface area contributed by atoms with E-state index in [0.717, 1.165) is 0 Å². The van der Waals surface area contributed by atoms with Crippen molar-refractivity contribution in [1.82, 2.24) is 5.32 Å². The Labute approximate surface area is 89.8 Å². The van der Waals surface area contributed by atoms with Gasteiger partial charge >= 0.3 is 5.97 Å². The van der Waals surface area contributed by atoms with Crippen molar-refractivity contribution in [2.24, 2.45) is 5.92 Å². The molecule has 5 heteroatoms. The molecule has 0 saturated carbocycles. The van der Waals surface area contributed by atoms with Crippen LogP contribution in [0.2, 0.25) is 0 Å². The van der Waals surface area contributed by atoms with Gasteiger partial charge in [0, 0.05) is 26.0 Å². The van der Waals surface area contributed by atoms with Crippen LogP contribution in [0.5, 0.6) is 0 Å². The first-order valence-corrected chi connectivity index (χ1v) is 4.95. The van der Waals surface area contributed by atoms with E-state index >= 15 is 0 Å². The van der Waals surface area contributed by atoms with Gasteiger partial charge in [-0.2, -0.15) is 0 Å². The van der Waals surface area contributed by atoms with E-state index in [2.05, 4.69) is 5.32 Å². The van der Waals surface area contributed by atoms with Crippen LogP contribution in [0.3, 0.4) is 0 Å². The fourth-order valence-electron chi connectivity index (χ4n) is 1.31. The number of carboxylic acid groups (broad SMARTS) is 1. The number of hydrogen-bond acceptors (Lipinski definition) is 3. The molecule has 88 valence electrons. The average Bonchev–Trinajstić information content (AvgIpc) is 2.00. The summed E-state index contributed by atoms with van der Waals surface area (Å²) in [6, 6.07) is -0.0421. The first kappa shape index (κ1) is 13.9. The molecule has 0 aromatic carbocycles. The van der Waals surface area contributed by atoms with E-state index in [1.54, 1.807) is 14.0 Å². The van der Waals surface area contributed by atoms with Crippen molar-refractivity contribution >= 4 is 11.9 Å². The molecule has 0 aliphatic rings. The Morgan fingerprint density at radius 1 is 1.33 bits per heavy atom. The lowest BCUT2D eigenvalue weighted by Crippen LogP contribution is -2.36. The number of amides is 1. The lowest BCUT2D eigenvalue weighted by atomic mass is 10.0. The summed E-state index contributed by atoms with van der Waals surface area (Å²) in [7, 11) is 1.57. The average molecular weight is 217 g/mol. The van der Waals surface area contributed by atoms with Gasteiger partial charge in [0.1, 0.15) is 0 Å². The molecule has 2 atom stereocenters. The molecule has 2 unspecified atom stereocenters.